The Morgan fingerprint density at radius 3 is 2.70 bits per heavy atom. The number of hydrogen-bond acceptors (Lipinski definition) is 5. The zero-order chi connectivity index (χ0) is 18.6. The van der Waals surface area contributed by atoms with Gasteiger partial charge in [-0.1, -0.05) is 18.2 Å². The summed E-state index contributed by atoms with van der Waals surface area (Å²) in [5.74, 6) is 2.29. The summed E-state index contributed by atoms with van der Waals surface area (Å²) in [6.45, 7) is 6.85. The number of aromatic nitrogens is 3. The second-order valence-corrected chi connectivity index (χ2v) is 7.59. The molecule has 1 aromatic heterocycles. The standard InChI is InChI=1S/C20H28FN5O/c1-24-19(15-25-9-11-27-12-10-25)22-23-20(24)17-6-4-8-26(14-17)13-16-5-2-3-7-18(16)21/h2-3,5,7,17H,4,6,8-15H2,1H3. The third-order valence-electron chi connectivity index (χ3n) is 5.69. The summed E-state index contributed by atoms with van der Waals surface area (Å²) in [6.07, 6.45) is 2.21. The van der Waals surface area contributed by atoms with Crippen molar-refractivity contribution in [1.29, 1.82) is 0 Å². The first-order valence-electron chi connectivity index (χ1n) is 9.84. The van der Waals surface area contributed by atoms with E-state index in [0.717, 1.165) is 76.0 Å². The van der Waals surface area contributed by atoms with Crippen LogP contribution in [0.1, 0.15) is 36.0 Å². The molecule has 0 N–H and O–H groups in total. The number of ether oxygens (including phenoxy) is 1. The summed E-state index contributed by atoms with van der Waals surface area (Å²) in [6, 6.07) is 7.06. The minimum absolute atomic E-state index is 0.119. The molecule has 0 radical (unpaired) electrons. The average molecular weight is 373 g/mol. The van der Waals surface area contributed by atoms with E-state index >= 15 is 0 Å². The number of hydrogen-bond donors (Lipinski definition) is 0. The average Bonchev–Trinajstić information content (AvgIpc) is 3.05. The third kappa shape index (κ3) is 4.36. The molecule has 2 fully saturated rings. The van der Waals surface area contributed by atoms with E-state index in [-0.39, 0.29) is 5.82 Å². The van der Waals surface area contributed by atoms with Crippen LogP contribution in [-0.4, -0.2) is 64.0 Å². The van der Waals surface area contributed by atoms with Gasteiger partial charge in [0.1, 0.15) is 17.5 Å². The van der Waals surface area contributed by atoms with Crippen molar-refractivity contribution in [2.75, 3.05) is 39.4 Å². The van der Waals surface area contributed by atoms with Gasteiger partial charge < -0.3 is 9.30 Å². The molecule has 2 saturated heterocycles. The molecule has 2 aromatic rings. The summed E-state index contributed by atoms with van der Waals surface area (Å²) in [5.41, 5.74) is 0.768. The zero-order valence-electron chi connectivity index (χ0n) is 16.0. The van der Waals surface area contributed by atoms with E-state index in [0.29, 0.717) is 12.5 Å². The van der Waals surface area contributed by atoms with E-state index in [4.69, 9.17) is 4.74 Å². The van der Waals surface area contributed by atoms with Crippen LogP contribution in [-0.2, 0) is 24.9 Å². The van der Waals surface area contributed by atoms with Crippen LogP contribution in [0, 0.1) is 5.82 Å². The van der Waals surface area contributed by atoms with Crippen molar-refractivity contribution in [3.63, 3.8) is 0 Å². The molecule has 0 spiro atoms. The molecular weight excluding hydrogens is 345 g/mol. The van der Waals surface area contributed by atoms with Gasteiger partial charge in [0.25, 0.3) is 0 Å². The lowest BCUT2D eigenvalue weighted by Crippen LogP contribution is -2.36. The number of rotatable bonds is 5. The first-order chi connectivity index (χ1) is 13.2. The van der Waals surface area contributed by atoms with Crippen molar-refractivity contribution in [1.82, 2.24) is 24.6 Å². The summed E-state index contributed by atoms with van der Waals surface area (Å²) in [4.78, 5) is 4.70. The lowest BCUT2D eigenvalue weighted by Gasteiger charge is -2.32. The highest BCUT2D eigenvalue weighted by Crippen LogP contribution is 2.27. The van der Waals surface area contributed by atoms with Crippen LogP contribution in [0.3, 0.4) is 0 Å². The monoisotopic (exact) mass is 373 g/mol. The topological polar surface area (TPSA) is 46.4 Å². The Morgan fingerprint density at radius 2 is 1.89 bits per heavy atom. The molecule has 2 aliphatic rings. The maximum atomic E-state index is 14.0. The Hall–Kier alpha value is -1.83. The van der Waals surface area contributed by atoms with Crippen LogP contribution < -0.4 is 0 Å². The van der Waals surface area contributed by atoms with Crippen LogP contribution in [0.5, 0.6) is 0 Å². The van der Waals surface area contributed by atoms with Gasteiger partial charge in [0, 0.05) is 44.7 Å². The van der Waals surface area contributed by atoms with Gasteiger partial charge >= 0.3 is 0 Å². The van der Waals surface area contributed by atoms with Crippen LogP contribution in [0.4, 0.5) is 4.39 Å². The van der Waals surface area contributed by atoms with Crippen molar-refractivity contribution in [2.24, 2.45) is 7.05 Å². The molecule has 7 heteroatoms. The van der Waals surface area contributed by atoms with Crippen LogP contribution >= 0.6 is 0 Å². The Balaban J connectivity index is 1.41. The molecule has 2 aliphatic heterocycles. The van der Waals surface area contributed by atoms with Crippen LogP contribution in [0.25, 0.3) is 0 Å². The first kappa shape index (κ1) is 18.5. The number of benzene rings is 1. The lowest BCUT2D eigenvalue weighted by molar-refractivity contribution is 0.0326. The largest absolute Gasteiger partial charge is 0.379 e. The molecule has 1 unspecified atom stereocenters. The molecule has 3 heterocycles. The van der Waals surface area contributed by atoms with Gasteiger partial charge in [-0.15, -0.1) is 10.2 Å². The SMILES string of the molecule is Cn1c(CN2CCOCC2)nnc1C1CCCN(Cc2ccccc2F)C1. The molecule has 6 nitrogen and oxygen atoms in total. The van der Waals surface area contributed by atoms with Crippen molar-refractivity contribution >= 4 is 0 Å². The third-order valence-corrected chi connectivity index (χ3v) is 5.69. The minimum Gasteiger partial charge on any atom is -0.379 e. The van der Waals surface area contributed by atoms with E-state index in [1.165, 1.54) is 6.07 Å². The second kappa shape index (κ2) is 8.46. The highest BCUT2D eigenvalue weighted by atomic mass is 19.1. The van der Waals surface area contributed by atoms with E-state index in [9.17, 15) is 4.39 Å². The maximum absolute atomic E-state index is 14.0. The predicted octanol–water partition coefficient (Wildman–Crippen LogP) is 2.17. The molecule has 4 rings (SSSR count). The Bertz CT molecular complexity index is 759. The number of morpholine rings is 1. The number of nitrogens with zero attached hydrogens (tertiary/aromatic N) is 5. The van der Waals surface area contributed by atoms with Crippen molar-refractivity contribution in [2.45, 2.75) is 31.8 Å². The Labute approximate surface area is 159 Å². The first-order valence-corrected chi connectivity index (χ1v) is 9.84. The summed E-state index contributed by atoms with van der Waals surface area (Å²) >= 11 is 0. The van der Waals surface area contributed by atoms with Crippen LogP contribution in [0.15, 0.2) is 24.3 Å². The molecule has 0 aliphatic carbocycles. The Morgan fingerprint density at radius 1 is 1.07 bits per heavy atom. The highest BCUT2D eigenvalue weighted by Gasteiger charge is 2.27. The van der Waals surface area contributed by atoms with E-state index in [1.807, 2.05) is 12.1 Å². The molecule has 27 heavy (non-hydrogen) atoms. The fourth-order valence-electron chi connectivity index (χ4n) is 4.11. The number of halogens is 1. The van der Waals surface area contributed by atoms with Crippen molar-refractivity contribution in [3.8, 4) is 0 Å². The van der Waals surface area contributed by atoms with E-state index < -0.39 is 0 Å². The predicted molar refractivity (Wildman–Crippen MR) is 101 cm³/mol. The van der Waals surface area contributed by atoms with Gasteiger partial charge in [0.15, 0.2) is 0 Å². The van der Waals surface area contributed by atoms with Gasteiger partial charge in [-0.25, -0.2) is 4.39 Å². The van der Waals surface area contributed by atoms with Gasteiger partial charge in [-0.3, -0.25) is 9.80 Å². The molecule has 146 valence electrons. The van der Waals surface area contributed by atoms with Gasteiger partial charge in [0.05, 0.1) is 19.8 Å². The summed E-state index contributed by atoms with van der Waals surface area (Å²) < 4.78 is 21.6. The van der Waals surface area contributed by atoms with Crippen molar-refractivity contribution < 1.29 is 9.13 Å². The summed E-state index contributed by atoms with van der Waals surface area (Å²) in [5, 5.41) is 8.98. The smallest absolute Gasteiger partial charge is 0.146 e. The van der Waals surface area contributed by atoms with Crippen molar-refractivity contribution in [3.05, 3.63) is 47.3 Å². The summed E-state index contributed by atoms with van der Waals surface area (Å²) in [7, 11) is 2.07. The van der Waals surface area contributed by atoms with E-state index in [2.05, 4.69) is 31.6 Å². The molecule has 1 atom stereocenters. The maximum Gasteiger partial charge on any atom is 0.146 e. The number of likely N-dealkylation sites (tertiary alicyclic amines) is 1. The fourth-order valence-corrected chi connectivity index (χ4v) is 4.11. The number of piperidine rings is 1. The van der Waals surface area contributed by atoms with Gasteiger partial charge in [-0.2, -0.15) is 0 Å². The zero-order valence-corrected chi connectivity index (χ0v) is 16.0. The highest BCUT2D eigenvalue weighted by molar-refractivity contribution is 5.17. The fraction of sp³-hybridized carbons (Fsp3) is 0.600. The normalized spacial score (nSPS) is 22.2. The van der Waals surface area contributed by atoms with Gasteiger partial charge in [-0.05, 0) is 25.5 Å². The second-order valence-electron chi connectivity index (χ2n) is 7.59. The Kier molecular flexibility index (Phi) is 5.80. The lowest BCUT2D eigenvalue weighted by atomic mass is 9.96. The molecule has 0 amide bonds. The van der Waals surface area contributed by atoms with E-state index in [1.54, 1.807) is 6.07 Å². The quantitative estimate of drug-likeness (QED) is 0.804. The molecule has 0 saturated carbocycles. The van der Waals surface area contributed by atoms with Gasteiger partial charge in [0.2, 0.25) is 0 Å². The minimum atomic E-state index is -0.119. The molecule has 0 bridgehead atoms. The van der Waals surface area contributed by atoms with Crippen LogP contribution in [0.2, 0.25) is 0 Å². The molecular formula is C20H28FN5O. The molecule has 1 aromatic carbocycles.